The first kappa shape index (κ1) is 11.6. The Bertz CT molecular complexity index is 206. The lowest BCUT2D eigenvalue weighted by Crippen LogP contribution is -2.67. The minimum Gasteiger partial charge on any atom is -0.328 e. The molecular weight excluding hydrogens is 210 g/mol. The average molecular weight is 232 g/mol. The van der Waals surface area contributed by atoms with Gasteiger partial charge < -0.3 is 11.1 Å². The number of nitrogens with two attached hydrogens (primary N) is 1. The Balaban J connectivity index is 0.000000853. The molecule has 3 heterocycles. The second-order valence-electron chi connectivity index (χ2n) is 5.23. The van der Waals surface area contributed by atoms with E-state index in [0.29, 0.717) is 6.04 Å². The Morgan fingerprint density at radius 1 is 1.00 bits per heavy atom. The van der Waals surface area contributed by atoms with Gasteiger partial charge >= 0.3 is 0 Å². The molecule has 3 N–H and O–H groups in total. The molecule has 0 aliphatic carbocycles. The maximum Gasteiger partial charge on any atom is 0.0351 e. The van der Waals surface area contributed by atoms with Crippen LogP contribution in [0.3, 0.4) is 0 Å². The van der Waals surface area contributed by atoms with Gasteiger partial charge in [-0.2, -0.15) is 0 Å². The lowest BCUT2D eigenvalue weighted by molar-refractivity contribution is -0.0220. The Morgan fingerprint density at radius 2 is 1.60 bits per heavy atom. The predicted molar refractivity (Wildman–Crippen MR) is 64.4 cm³/mol. The van der Waals surface area contributed by atoms with E-state index in [2.05, 4.69) is 10.2 Å². The van der Waals surface area contributed by atoms with Crippen molar-refractivity contribution in [3.63, 3.8) is 0 Å². The van der Waals surface area contributed by atoms with Gasteiger partial charge in [-0.3, -0.25) is 4.90 Å². The van der Waals surface area contributed by atoms with Crippen molar-refractivity contribution >= 4 is 12.4 Å². The summed E-state index contributed by atoms with van der Waals surface area (Å²) in [7, 11) is 0. The van der Waals surface area contributed by atoms with Crippen molar-refractivity contribution in [2.45, 2.75) is 56.3 Å². The first-order chi connectivity index (χ1) is 6.84. The highest BCUT2D eigenvalue weighted by molar-refractivity contribution is 5.85. The van der Waals surface area contributed by atoms with Crippen molar-refractivity contribution in [1.29, 1.82) is 0 Å². The van der Waals surface area contributed by atoms with Gasteiger partial charge in [-0.15, -0.1) is 12.4 Å². The highest BCUT2D eigenvalue weighted by Crippen LogP contribution is 2.35. The molecule has 3 fully saturated rings. The zero-order valence-electron chi connectivity index (χ0n) is 9.19. The van der Waals surface area contributed by atoms with E-state index in [0.717, 1.165) is 18.1 Å². The molecule has 0 radical (unpaired) electrons. The standard InChI is InChI=1S/C11H21N3.ClH/c12-8-4-9-2-1-3-10(5-8)14(9)11-6-13-7-11;/h8-11,13H,1-7,12H2;1H. The summed E-state index contributed by atoms with van der Waals surface area (Å²) in [5, 5.41) is 3.39. The molecule has 3 aliphatic rings. The van der Waals surface area contributed by atoms with Gasteiger partial charge in [0.15, 0.2) is 0 Å². The topological polar surface area (TPSA) is 41.3 Å². The van der Waals surface area contributed by atoms with E-state index in [-0.39, 0.29) is 12.4 Å². The highest BCUT2D eigenvalue weighted by atomic mass is 35.5. The largest absolute Gasteiger partial charge is 0.328 e. The fourth-order valence-electron chi connectivity index (χ4n) is 3.54. The molecule has 2 unspecified atom stereocenters. The van der Waals surface area contributed by atoms with Gasteiger partial charge in [0.05, 0.1) is 0 Å². The molecule has 0 aromatic heterocycles. The zero-order chi connectivity index (χ0) is 9.54. The molecule has 0 amide bonds. The van der Waals surface area contributed by atoms with E-state index in [1.807, 2.05) is 0 Å². The van der Waals surface area contributed by atoms with Gasteiger partial charge in [-0.25, -0.2) is 0 Å². The number of hydrogen-bond donors (Lipinski definition) is 2. The number of nitrogens with one attached hydrogen (secondary N) is 1. The minimum atomic E-state index is 0. The molecule has 3 saturated heterocycles. The summed E-state index contributed by atoms with van der Waals surface area (Å²) >= 11 is 0. The number of hydrogen-bond acceptors (Lipinski definition) is 3. The monoisotopic (exact) mass is 231 g/mol. The van der Waals surface area contributed by atoms with E-state index in [1.165, 1.54) is 45.2 Å². The zero-order valence-corrected chi connectivity index (χ0v) is 10.0. The quantitative estimate of drug-likeness (QED) is 0.699. The van der Waals surface area contributed by atoms with Crippen molar-refractivity contribution in [3.8, 4) is 0 Å². The number of fused-ring (bicyclic) bond motifs is 2. The molecule has 0 aromatic rings. The van der Waals surface area contributed by atoms with Gasteiger partial charge in [0.25, 0.3) is 0 Å². The van der Waals surface area contributed by atoms with E-state index in [9.17, 15) is 0 Å². The fourth-order valence-corrected chi connectivity index (χ4v) is 3.54. The maximum absolute atomic E-state index is 6.10. The number of nitrogens with zero attached hydrogens (tertiary/aromatic N) is 1. The second kappa shape index (κ2) is 4.58. The Morgan fingerprint density at radius 3 is 2.07 bits per heavy atom. The van der Waals surface area contributed by atoms with E-state index < -0.39 is 0 Å². The lowest BCUT2D eigenvalue weighted by Gasteiger charge is -2.54. The molecule has 3 nitrogen and oxygen atoms in total. The van der Waals surface area contributed by atoms with E-state index >= 15 is 0 Å². The summed E-state index contributed by atoms with van der Waals surface area (Å²) in [5.41, 5.74) is 6.10. The lowest BCUT2D eigenvalue weighted by atomic mass is 9.80. The first-order valence-electron chi connectivity index (χ1n) is 6.08. The van der Waals surface area contributed by atoms with Crippen LogP contribution in [0.4, 0.5) is 0 Å². The third kappa shape index (κ3) is 2.03. The van der Waals surface area contributed by atoms with Crippen LogP contribution < -0.4 is 11.1 Å². The molecular formula is C11H22ClN3. The molecule has 0 saturated carbocycles. The third-order valence-corrected chi connectivity index (χ3v) is 4.25. The van der Waals surface area contributed by atoms with Crippen LogP contribution in [0.5, 0.6) is 0 Å². The fraction of sp³-hybridized carbons (Fsp3) is 1.00. The van der Waals surface area contributed by atoms with E-state index in [4.69, 9.17) is 5.73 Å². The Kier molecular flexibility index (Phi) is 3.56. The van der Waals surface area contributed by atoms with Crippen LogP contribution in [0, 0.1) is 0 Å². The number of rotatable bonds is 1. The molecule has 15 heavy (non-hydrogen) atoms. The number of piperidine rings is 2. The van der Waals surface area contributed by atoms with Crippen molar-refractivity contribution in [1.82, 2.24) is 10.2 Å². The van der Waals surface area contributed by atoms with Gasteiger partial charge in [-0.1, -0.05) is 6.42 Å². The first-order valence-corrected chi connectivity index (χ1v) is 6.08. The summed E-state index contributed by atoms with van der Waals surface area (Å²) in [4.78, 5) is 2.80. The van der Waals surface area contributed by atoms with Crippen LogP contribution in [-0.2, 0) is 0 Å². The normalized spacial score (nSPS) is 41.8. The van der Waals surface area contributed by atoms with Gasteiger partial charge in [-0.05, 0) is 25.7 Å². The number of halogens is 1. The molecule has 2 bridgehead atoms. The van der Waals surface area contributed by atoms with Gasteiger partial charge in [0.2, 0.25) is 0 Å². The van der Waals surface area contributed by atoms with Crippen LogP contribution in [0.25, 0.3) is 0 Å². The molecule has 2 atom stereocenters. The summed E-state index contributed by atoms with van der Waals surface area (Å²) in [6.07, 6.45) is 6.69. The second-order valence-corrected chi connectivity index (χ2v) is 5.23. The third-order valence-electron chi connectivity index (χ3n) is 4.25. The summed E-state index contributed by atoms with van der Waals surface area (Å²) < 4.78 is 0. The maximum atomic E-state index is 6.10. The summed E-state index contributed by atoms with van der Waals surface area (Å²) in [5.74, 6) is 0. The summed E-state index contributed by atoms with van der Waals surface area (Å²) in [6, 6.07) is 2.93. The Labute approximate surface area is 98.2 Å². The van der Waals surface area contributed by atoms with Crippen molar-refractivity contribution < 1.29 is 0 Å². The molecule has 3 aliphatic heterocycles. The van der Waals surface area contributed by atoms with Crippen molar-refractivity contribution in [2.75, 3.05) is 13.1 Å². The van der Waals surface area contributed by atoms with Gasteiger partial charge in [0, 0.05) is 37.3 Å². The van der Waals surface area contributed by atoms with Crippen molar-refractivity contribution in [2.24, 2.45) is 5.73 Å². The molecule has 88 valence electrons. The molecule has 0 spiro atoms. The van der Waals surface area contributed by atoms with Crippen LogP contribution in [0.15, 0.2) is 0 Å². The smallest absolute Gasteiger partial charge is 0.0351 e. The summed E-state index contributed by atoms with van der Waals surface area (Å²) in [6.45, 7) is 2.42. The van der Waals surface area contributed by atoms with Gasteiger partial charge in [0.1, 0.15) is 0 Å². The van der Waals surface area contributed by atoms with Crippen LogP contribution in [0.2, 0.25) is 0 Å². The highest BCUT2D eigenvalue weighted by Gasteiger charge is 2.41. The molecule has 4 heteroatoms. The van der Waals surface area contributed by atoms with Crippen LogP contribution in [0.1, 0.15) is 32.1 Å². The van der Waals surface area contributed by atoms with Crippen molar-refractivity contribution in [3.05, 3.63) is 0 Å². The van der Waals surface area contributed by atoms with Crippen LogP contribution >= 0.6 is 12.4 Å². The SMILES string of the molecule is Cl.NC1CC2CCCC(C1)N2C1CNC1. The van der Waals surface area contributed by atoms with Crippen LogP contribution in [-0.4, -0.2) is 42.2 Å². The minimum absolute atomic E-state index is 0. The average Bonchev–Trinajstić information content (AvgIpc) is 2.03. The molecule has 3 rings (SSSR count). The Hall–Kier alpha value is 0.170. The molecule has 0 aromatic carbocycles. The van der Waals surface area contributed by atoms with E-state index in [1.54, 1.807) is 0 Å². The predicted octanol–water partition coefficient (Wildman–Crippen LogP) is 0.724.